The van der Waals surface area contributed by atoms with E-state index in [1.807, 2.05) is 50.2 Å². The van der Waals surface area contributed by atoms with Crippen LogP contribution in [0.2, 0.25) is 0 Å². The van der Waals surface area contributed by atoms with Crippen LogP contribution >= 0.6 is 0 Å². The van der Waals surface area contributed by atoms with Crippen molar-refractivity contribution in [3.05, 3.63) is 54.2 Å². The first-order valence-corrected chi connectivity index (χ1v) is 10.1. The Hall–Kier alpha value is -3.81. The second kappa shape index (κ2) is 8.51. The maximum absolute atomic E-state index is 12.7. The third-order valence-corrected chi connectivity index (χ3v) is 5.12. The highest BCUT2D eigenvalue weighted by atomic mass is 16.5. The van der Waals surface area contributed by atoms with Gasteiger partial charge in [-0.15, -0.1) is 0 Å². The Morgan fingerprint density at radius 3 is 2.81 bits per heavy atom. The summed E-state index contributed by atoms with van der Waals surface area (Å²) >= 11 is 0. The number of ether oxygens (including phenoxy) is 2. The molecule has 1 atom stereocenters. The Labute approximate surface area is 180 Å². The van der Waals surface area contributed by atoms with Gasteiger partial charge in [-0.05, 0) is 43.7 Å². The number of para-hydroxylation sites is 2. The number of carbonyl (C=O) groups excluding carboxylic acids is 2. The third kappa shape index (κ3) is 3.96. The molecule has 8 nitrogen and oxygen atoms in total. The number of methoxy groups -OCH3 is 1. The average Bonchev–Trinajstić information content (AvgIpc) is 3.23. The first-order chi connectivity index (χ1) is 15.0. The number of aryl methyl sites for hydroxylation is 1. The van der Waals surface area contributed by atoms with Gasteiger partial charge in [0.15, 0.2) is 0 Å². The number of amides is 2. The predicted octanol–water partition coefficient (Wildman–Crippen LogP) is 3.79. The number of benzene rings is 2. The second-order valence-corrected chi connectivity index (χ2v) is 7.17. The molecule has 1 aliphatic heterocycles. The van der Waals surface area contributed by atoms with Gasteiger partial charge in [-0.1, -0.05) is 24.3 Å². The van der Waals surface area contributed by atoms with E-state index in [-0.39, 0.29) is 18.2 Å². The molecule has 0 saturated carbocycles. The Morgan fingerprint density at radius 2 is 2.03 bits per heavy atom. The lowest BCUT2D eigenvalue weighted by molar-refractivity contribution is -0.123. The van der Waals surface area contributed by atoms with E-state index in [4.69, 9.17) is 9.47 Å². The summed E-state index contributed by atoms with van der Waals surface area (Å²) in [5, 5.41) is 10.3. The van der Waals surface area contributed by atoms with Crippen molar-refractivity contribution < 1.29 is 19.1 Å². The van der Waals surface area contributed by atoms with Crippen molar-refractivity contribution in [1.82, 2.24) is 9.78 Å². The Balaban J connectivity index is 1.58. The molecule has 2 amide bonds. The molecular weight excluding hydrogens is 396 g/mol. The van der Waals surface area contributed by atoms with E-state index in [9.17, 15) is 9.59 Å². The highest BCUT2D eigenvalue weighted by Gasteiger charge is 2.36. The minimum atomic E-state index is -0.729. The zero-order valence-corrected chi connectivity index (χ0v) is 17.6. The molecule has 3 aromatic rings. The van der Waals surface area contributed by atoms with E-state index < -0.39 is 6.04 Å². The lowest BCUT2D eigenvalue weighted by Gasteiger charge is -2.13. The minimum absolute atomic E-state index is 0.0437. The fraction of sp³-hybridized carbons (Fsp3) is 0.261. The molecule has 1 aliphatic rings. The summed E-state index contributed by atoms with van der Waals surface area (Å²) in [6.07, 6.45) is -0.0437. The Morgan fingerprint density at radius 1 is 1.23 bits per heavy atom. The van der Waals surface area contributed by atoms with Gasteiger partial charge in [0, 0.05) is 5.56 Å². The van der Waals surface area contributed by atoms with Gasteiger partial charge in [-0.3, -0.25) is 9.59 Å². The van der Waals surface area contributed by atoms with Gasteiger partial charge in [0.2, 0.25) is 5.91 Å². The average molecular weight is 420 g/mol. The highest BCUT2D eigenvalue weighted by molar-refractivity contribution is 6.04. The van der Waals surface area contributed by atoms with Crippen molar-refractivity contribution in [3.8, 4) is 22.6 Å². The summed E-state index contributed by atoms with van der Waals surface area (Å²) in [6.45, 7) is 4.24. The van der Waals surface area contributed by atoms with Crippen LogP contribution in [0.15, 0.2) is 48.5 Å². The van der Waals surface area contributed by atoms with Crippen molar-refractivity contribution in [2.24, 2.45) is 0 Å². The summed E-state index contributed by atoms with van der Waals surface area (Å²) in [5.74, 6) is 1.33. The number of nitrogens with one attached hydrogen (secondary N) is 2. The van der Waals surface area contributed by atoms with Crippen LogP contribution in [-0.4, -0.2) is 35.3 Å². The zero-order valence-electron chi connectivity index (χ0n) is 17.6. The summed E-state index contributed by atoms with van der Waals surface area (Å²) in [5.41, 5.74) is 3.03. The first-order valence-electron chi connectivity index (χ1n) is 10.1. The molecule has 1 aromatic heterocycles. The molecule has 2 heterocycles. The summed E-state index contributed by atoms with van der Waals surface area (Å²) in [7, 11) is 1.61. The van der Waals surface area contributed by atoms with E-state index in [0.29, 0.717) is 29.6 Å². The van der Waals surface area contributed by atoms with Gasteiger partial charge in [-0.25, -0.2) is 4.68 Å². The normalized spacial score (nSPS) is 14.7. The summed E-state index contributed by atoms with van der Waals surface area (Å²) < 4.78 is 12.5. The van der Waals surface area contributed by atoms with E-state index in [1.54, 1.807) is 23.9 Å². The van der Waals surface area contributed by atoms with Gasteiger partial charge in [0.05, 0.1) is 31.5 Å². The van der Waals surface area contributed by atoms with Crippen LogP contribution in [0, 0.1) is 6.92 Å². The molecule has 0 aliphatic carbocycles. The lowest BCUT2D eigenvalue weighted by atomic mass is 10.1. The summed E-state index contributed by atoms with van der Waals surface area (Å²) in [4.78, 5) is 25.4. The molecule has 31 heavy (non-hydrogen) atoms. The molecule has 0 saturated heterocycles. The SMILES string of the molecule is CCOc1ccccc1NC(=O)CC1C(=O)Nc2c(-c3cccc(OC)c3)c(C)nn21. The number of hydrogen-bond acceptors (Lipinski definition) is 5. The molecule has 0 radical (unpaired) electrons. The lowest BCUT2D eigenvalue weighted by Crippen LogP contribution is -2.24. The van der Waals surface area contributed by atoms with Crippen LogP contribution in [-0.2, 0) is 9.59 Å². The van der Waals surface area contributed by atoms with E-state index in [0.717, 1.165) is 16.8 Å². The number of anilines is 2. The number of carbonyl (C=O) groups is 2. The smallest absolute Gasteiger partial charge is 0.251 e. The molecule has 2 N–H and O–H groups in total. The van der Waals surface area contributed by atoms with Crippen molar-refractivity contribution in [3.63, 3.8) is 0 Å². The minimum Gasteiger partial charge on any atom is -0.497 e. The monoisotopic (exact) mass is 420 g/mol. The molecule has 0 spiro atoms. The molecule has 2 aromatic carbocycles. The number of aromatic nitrogens is 2. The fourth-order valence-electron chi connectivity index (χ4n) is 3.74. The van der Waals surface area contributed by atoms with Crippen LogP contribution in [0.1, 0.15) is 25.1 Å². The van der Waals surface area contributed by atoms with Crippen LogP contribution in [0.5, 0.6) is 11.5 Å². The maximum atomic E-state index is 12.7. The number of rotatable bonds is 7. The molecule has 0 bridgehead atoms. The number of nitrogens with zero attached hydrogens (tertiary/aromatic N) is 2. The highest BCUT2D eigenvalue weighted by Crippen LogP contribution is 2.39. The first kappa shape index (κ1) is 20.5. The zero-order chi connectivity index (χ0) is 22.0. The predicted molar refractivity (Wildman–Crippen MR) is 117 cm³/mol. The molecule has 0 fully saturated rings. The van der Waals surface area contributed by atoms with Gasteiger partial charge >= 0.3 is 0 Å². The third-order valence-electron chi connectivity index (χ3n) is 5.12. The van der Waals surface area contributed by atoms with Gasteiger partial charge < -0.3 is 20.1 Å². The Kier molecular flexibility index (Phi) is 5.62. The van der Waals surface area contributed by atoms with Crippen LogP contribution < -0.4 is 20.1 Å². The molecule has 1 unspecified atom stereocenters. The molecule has 160 valence electrons. The van der Waals surface area contributed by atoms with Crippen LogP contribution in [0.25, 0.3) is 11.1 Å². The largest absolute Gasteiger partial charge is 0.497 e. The molecule has 8 heteroatoms. The van der Waals surface area contributed by atoms with Crippen molar-refractivity contribution in [1.29, 1.82) is 0 Å². The fourth-order valence-corrected chi connectivity index (χ4v) is 3.74. The second-order valence-electron chi connectivity index (χ2n) is 7.17. The van der Waals surface area contributed by atoms with Gasteiger partial charge in [0.1, 0.15) is 23.4 Å². The van der Waals surface area contributed by atoms with E-state index in [1.165, 1.54) is 0 Å². The Bertz CT molecular complexity index is 1140. The number of fused-ring (bicyclic) bond motifs is 1. The summed E-state index contributed by atoms with van der Waals surface area (Å²) in [6, 6.07) is 14.0. The van der Waals surface area contributed by atoms with Crippen LogP contribution in [0.3, 0.4) is 0 Å². The molecular formula is C23H24N4O4. The van der Waals surface area contributed by atoms with E-state index in [2.05, 4.69) is 15.7 Å². The van der Waals surface area contributed by atoms with Crippen molar-refractivity contribution in [2.75, 3.05) is 24.4 Å². The molecule has 4 rings (SSSR count). The van der Waals surface area contributed by atoms with Crippen LogP contribution in [0.4, 0.5) is 11.5 Å². The topological polar surface area (TPSA) is 94.5 Å². The quantitative estimate of drug-likeness (QED) is 0.607. The van der Waals surface area contributed by atoms with Gasteiger partial charge in [0.25, 0.3) is 5.91 Å². The van der Waals surface area contributed by atoms with Gasteiger partial charge in [-0.2, -0.15) is 5.10 Å². The van der Waals surface area contributed by atoms with Crippen molar-refractivity contribution >= 4 is 23.3 Å². The maximum Gasteiger partial charge on any atom is 0.251 e. The van der Waals surface area contributed by atoms with E-state index >= 15 is 0 Å². The van der Waals surface area contributed by atoms with Crippen molar-refractivity contribution in [2.45, 2.75) is 26.3 Å². The standard InChI is InChI=1S/C23H24N4O4/c1-4-31-19-11-6-5-10-17(19)24-20(28)13-18-23(29)25-22-21(14(2)26-27(18)22)15-8-7-9-16(12-15)30-3/h5-12,18H,4,13H2,1-3H3,(H,24,28)(H,25,29). The number of hydrogen-bond donors (Lipinski definition) is 2.